The quantitative estimate of drug-likeness (QED) is 0.357. The molecule has 1 atom stereocenters. The predicted octanol–water partition coefficient (Wildman–Crippen LogP) is 4.13. The van der Waals surface area contributed by atoms with Crippen LogP contribution in [0.3, 0.4) is 0 Å². The second kappa shape index (κ2) is 7.61. The molecule has 1 saturated carbocycles. The van der Waals surface area contributed by atoms with Crippen molar-refractivity contribution in [1.29, 1.82) is 0 Å². The number of rotatable bonds is 7. The largest absolute Gasteiger partial charge is 0.352 e. The molecular formula is C19H19N3O2S3. The Morgan fingerprint density at radius 3 is 3.00 bits per heavy atom. The monoisotopic (exact) mass is 417 g/mol. The van der Waals surface area contributed by atoms with E-state index in [9.17, 15) is 9.59 Å². The van der Waals surface area contributed by atoms with Crippen LogP contribution in [-0.4, -0.2) is 26.8 Å². The summed E-state index contributed by atoms with van der Waals surface area (Å²) in [6.45, 7) is 5.98. The predicted molar refractivity (Wildman–Crippen MR) is 114 cm³/mol. The molecule has 1 aliphatic carbocycles. The average Bonchev–Trinajstić information content (AvgIpc) is 3.12. The molecule has 0 aliphatic heterocycles. The molecule has 0 saturated heterocycles. The van der Waals surface area contributed by atoms with Crippen molar-refractivity contribution < 1.29 is 4.79 Å². The summed E-state index contributed by atoms with van der Waals surface area (Å²) in [7, 11) is 0. The van der Waals surface area contributed by atoms with Gasteiger partial charge in [-0.15, -0.1) is 29.3 Å². The van der Waals surface area contributed by atoms with Crippen LogP contribution in [0.4, 0.5) is 0 Å². The van der Waals surface area contributed by atoms with Crippen LogP contribution in [0.5, 0.6) is 0 Å². The van der Waals surface area contributed by atoms with E-state index in [2.05, 4.69) is 11.9 Å². The summed E-state index contributed by atoms with van der Waals surface area (Å²) in [5.74, 6) is -0.00699. The molecule has 3 heterocycles. The smallest absolute Gasteiger partial charge is 0.263 e. The van der Waals surface area contributed by atoms with E-state index in [1.165, 1.54) is 23.1 Å². The topological polar surface area (TPSA) is 64.0 Å². The van der Waals surface area contributed by atoms with Gasteiger partial charge in [0.2, 0.25) is 5.91 Å². The van der Waals surface area contributed by atoms with Crippen LogP contribution >= 0.6 is 34.4 Å². The van der Waals surface area contributed by atoms with Gasteiger partial charge in [-0.2, -0.15) is 0 Å². The van der Waals surface area contributed by atoms with E-state index in [1.54, 1.807) is 22.0 Å². The first-order valence-corrected chi connectivity index (χ1v) is 11.4. The van der Waals surface area contributed by atoms with Gasteiger partial charge in [0.25, 0.3) is 5.56 Å². The van der Waals surface area contributed by atoms with Gasteiger partial charge in [-0.25, -0.2) is 4.98 Å². The van der Waals surface area contributed by atoms with Gasteiger partial charge in [0, 0.05) is 28.4 Å². The standard InChI is InChI=1S/C19H19N3O2S3/c1-3-8-22-18(24)15-13(14-5-4-9-25-14)10-26-17(15)21-19(22)27-11(2)16(23)20-12-6-7-12/h3-5,9-12H,1,6-8H2,2H3,(H,20,23)/t11-/m1/s1. The lowest BCUT2D eigenvalue weighted by molar-refractivity contribution is -0.120. The van der Waals surface area contributed by atoms with Crippen LogP contribution in [0, 0.1) is 0 Å². The Balaban J connectivity index is 1.74. The molecule has 1 fully saturated rings. The zero-order valence-electron chi connectivity index (χ0n) is 14.8. The Hall–Kier alpha value is -1.90. The molecule has 0 spiro atoms. The molecule has 8 heteroatoms. The van der Waals surface area contributed by atoms with Crippen LogP contribution in [0.15, 0.2) is 45.5 Å². The summed E-state index contributed by atoms with van der Waals surface area (Å²) in [6, 6.07) is 4.30. The fourth-order valence-electron chi connectivity index (χ4n) is 2.76. The zero-order chi connectivity index (χ0) is 19.0. The number of aromatic nitrogens is 2. The van der Waals surface area contributed by atoms with Crippen molar-refractivity contribution >= 4 is 50.6 Å². The minimum Gasteiger partial charge on any atom is -0.352 e. The zero-order valence-corrected chi connectivity index (χ0v) is 17.3. The number of allylic oxidation sites excluding steroid dienone is 1. The molecule has 4 rings (SSSR count). The Morgan fingerprint density at radius 1 is 1.52 bits per heavy atom. The SMILES string of the molecule is C=CCn1c(S[C@H](C)C(=O)NC2CC2)nc2scc(-c3cccs3)c2c1=O. The highest BCUT2D eigenvalue weighted by molar-refractivity contribution is 8.00. The molecule has 0 unspecified atom stereocenters. The normalized spacial score (nSPS) is 15.0. The maximum atomic E-state index is 13.2. The van der Waals surface area contributed by atoms with Crippen LogP contribution in [0.1, 0.15) is 19.8 Å². The Labute approximate surface area is 169 Å². The molecule has 1 N–H and O–H groups in total. The van der Waals surface area contributed by atoms with E-state index in [1.807, 2.05) is 29.8 Å². The summed E-state index contributed by atoms with van der Waals surface area (Å²) >= 11 is 4.40. The molecular weight excluding hydrogens is 398 g/mol. The van der Waals surface area contributed by atoms with Gasteiger partial charge >= 0.3 is 0 Å². The molecule has 3 aromatic heterocycles. The minimum atomic E-state index is -0.317. The number of carbonyl (C=O) groups is 1. The highest BCUT2D eigenvalue weighted by atomic mass is 32.2. The number of hydrogen-bond acceptors (Lipinski definition) is 6. The van der Waals surface area contributed by atoms with Crippen LogP contribution in [0.2, 0.25) is 0 Å². The lowest BCUT2D eigenvalue weighted by Crippen LogP contribution is -2.33. The van der Waals surface area contributed by atoms with Gasteiger partial charge < -0.3 is 5.32 Å². The van der Waals surface area contributed by atoms with E-state index in [0.717, 1.165) is 23.3 Å². The van der Waals surface area contributed by atoms with Crippen molar-refractivity contribution in [2.24, 2.45) is 0 Å². The molecule has 1 amide bonds. The first-order valence-electron chi connectivity index (χ1n) is 8.72. The number of hydrogen-bond donors (Lipinski definition) is 1. The fraction of sp³-hybridized carbons (Fsp3) is 0.316. The Bertz CT molecular complexity index is 1050. The first-order chi connectivity index (χ1) is 13.1. The van der Waals surface area contributed by atoms with Crippen molar-refractivity contribution in [2.75, 3.05) is 0 Å². The lowest BCUT2D eigenvalue weighted by atomic mass is 10.2. The second-order valence-corrected chi connectivity index (χ2v) is 9.56. The summed E-state index contributed by atoms with van der Waals surface area (Å²) in [6.07, 6.45) is 3.79. The number of carbonyl (C=O) groups excluding carboxylic acids is 1. The Kier molecular flexibility index (Phi) is 5.21. The van der Waals surface area contributed by atoms with Crippen LogP contribution < -0.4 is 10.9 Å². The van der Waals surface area contributed by atoms with Crippen molar-refractivity contribution in [3.8, 4) is 10.4 Å². The van der Waals surface area contributed by atoms with Crippen LogP contribution in [-0.2, 0) is 11.3 Å². The summed E-state index contributed by atoms with van der Waals surface area (Å²) in [4.78, 5) is 32.0. The number of nitrogens with one attached hydrogen (secondary N) is 1. The summed E-state index contributed by atoms with van der Waals surface area (Å²) in [5, 5.41) is 7.88. The number of amides is 1. The second-order valence-electron chi connectivity index (χ2n) is 6.45. The summed E-state index contributed by atoms with van der Waals surface area (Å²) in [5.41, 5.74) is 0.846. The van der Waals surface area contributed by atoms with Gasteiger partial charge in [0.15, 0.2) is 5.16 Å². The van der Waals surface area contributed by atoms with Gasteiger partial charge in [-0.05, 0) is 31.2 Å². The molecule has 5 nitrogen and oxygen atoms in total. The van der Waals surface area contributed by atoms with Crippen LogP contribution in [0.25, 0.3) is 20.7 Å². The number of thiophene rings is 2. The van der Waals surface area contributed by atoms with Crippen molar-refractivity contribution in [3.63, 3.8) is 0 Å². The number of nitrogens with zero attached hydrogens (tertiary/aromatic N) is 2. The Morgan fingerprint density at radius 2 is 2.33 bits per heavy atom. The summed E-state index contributed by atoms with van der Waals surface area (Å²) < 4.78 is 1.62. The third-order valence-corrected chi connectivity index (χ3v) is 7.20. The fourth-order valence-corrected chi connectivity index (χ4v) is 5.49. The highest BCUT2D eigenvalue weighted by Gasteiger charge is 2.27. The van der Waals surface area contributed by atoms with E-state index in [4.69, 9.17) is 4.98 Å². The molecule has 3 aromatic rings. The van der Waals surface area contributed by atoms with Gasteiger partial charge in [0.1, 0.15) is 4.83 Å². The average molecular weight is 418 g/mol. The molecule has 0 radical (unpaired) electrons. The molecule has 0 bridgehead atoms. The van der Waals surface area contributed by atoms with Gasteiger partial charge in [0.05, 0.1) is 10.6 Å². The third-order valence-electron chi connectivity index (χ3n) is 4.33. The first kappa shape index (κ1) is 18.5. The van der Waals surface area contributed by atoms with E-state index >= 15 is 0 Å². The maximum Gasteiger partial charge on any atom is 0.263 e. The molecule has 27 heavy (non-hydrogen) atoms. The molecule has 1 aliphatic rings. The number of thioether (sulfide) groups is 1. The van der Waals surface area contributed by atoms with Crippen molar-refractivity contribution in [2.45, 2.75) is 42.8 Å². The maximum absolute atomic E-state index is 13.2. The highest BCUT2D eigenvalue weighted by Crippen LogP contribution is 2.35. The van der Waals surface area contributed by atoms with E-state index in [0.29, 0.717) is 28.0 Å². The minimum absolute atomic E-state index is 0.00699. The van der Waals surface area contributed by atoms with Gasteiger partial charge in [-0.1, -0.05) is 23.9 Å². The molecule has 140 valence electrons. The lowest BCUT2D eigenvalue weighted by Gasteiger charge is -2.14. The molecule has 0 aromatic carbocycles. The van der Waals surface area contributed by atoms with E-state index < -0.39 is 0 Å². The van der Waals surface area contributed by atoms with Crippen molar-refractivity contribution in [3.05, 3.63) is 45.9 Å². The number of fused-ring (bicyclic) bond motifs is 1. The third kappa shape index (κ3) is 3.74. The van der Waals surface area contributed by atoms with Crippen molar-refractivity contribution in [1.82, 2.24) is 14.9 Å². The van der Waals surface area contributed by atoms with E-state index in [-0.39, 0.29) is 16.7 Å². The van der Waals surface area contributed by atoms with Gasteiger partial charge in [-0.3, -0.25) is 14.2 Å².